The Labute approximate surface area is 115 Å². The minimum atomic E-state index is 0.542. The highest BCUT2D eigenvalue weighted by Crippen LogP contribution is 2.43. The second-order valence-electron chi connectivity index (χ2n) is 7.37. The molecule has 2 atom stereocenters. The first-order chi connectivity index (χ1) is 8.47. The molecule has 1 saturated carbocycles. The van der Waals surface area contributed by atoms with Crippen molar-refractivity contribution in [2.24, 2.45) is 17.3 Å². The fraction of sp³-hybridized carbons (Fsp3) is 1.00. The molecule has 0 radical (unpaired) electrons. The van der Waals surface area contributed by atoms with Gasteiger partial charge in [-0.2, -0.15) is 0 Å². The standard InChI is InChI=1S/C17H35N/c1-6-13-18-16(11-10-14(2)3)15-9-7-8-12-17(15,4)5/h14-16,18H,6-13H2,1-5H3. The van der Waals surface area contributed by atoms with Crippen LogP contribution in [0.5, 0.6) is 0 Å². The Morgan fingerprint density at radius 3 is 2.44 bits per heavy atom. The van der Waals surface area contributed by atoms with Crippen molar-refractivity contribution in [2.45, 2.75) is 85.6 Å². The van der Waals surface area contributed by atoms with Crippen LogP contribution in [0.15, 0.2) is 0 Å². The molecule has 1 heteroatoms. The summed E-state index contributed by atoms with van der Waals surface area (Å²) in [4.78, 5) is 0. The average Bonchev–Trinajstić information content (AvgIpc) is 2.29. The van der Waals surface area contributed by atoms with E-state index in [2.05, 4.69) is 39.9 Å². The van der Waals surface area contributed by atoms with Crippen molar-refractivity contribution in [1.82, 2.24) is 5.32 Å². The van der Waals surface area contributed by atoms with Gasteiger partial charge in [-0.1, -0.05) is 47.5 Å². The van der Waals surface area contributed by atoms with Crippen LogP contribution in [-0.2, 0) is 0 Å². The van der Waals surface area contributed by atoms with Gasteiger partial charge in [-0.3, -0.25) is 0 Å². The molecule has 0 aromatic rings. The van der Waals surface area contributed by atoms with Gasteiger partial charge in [0.15, 0.2) is 0 Å². The van der Waals surface area contributed by atoms with E-state index in [1.807, 2.05) is 0 Å². The Balaban J connectivity index is 2.60. The third-order valence-electron chi connectivity index (χ3n) is 4.79. The van der Waals surface area contributed by atoms with Crippen LogP contribution in [0.3, 0.4) is 0 Å². The molecule has 0 aliphatic heterocycles. The van der Waals surface area contributed by atoms with Gasteiger partial charge in [0.05, 0.1) is 0 Å². The molecule has 0 heterocycles. The number of nitrogens with one attached hydrogen (secondary N) is 1. The molecule has 2 unspecified atom stereocenters. The molecule has 0 aromatic heterocycles. The van der Waals surface area contributed by atoms with Crippen LogP contribution in [0.25, 0.3) is 0 Å². The lowest BCUT2D eigenvalue weighted by atomic mass is 9.65. The molecule has 1 fully saturated rings. The predicted octanol–water partition coefficient (Wildman–Crippen LogP) is 5.01. The number of hydrogen-bond acceptors (Lipinski definition) is 1. The lowest BCUT2D eigenvalue weighted by Gasteiger charge is -2.44. The molecule has 1 rings (SSSR count). The van der Waals surface area contributed by atoms with Gasteiger partial charge in [0.25, 0.3) is 0 Å². The zero-order valence-corrected chi connectivity index (χ0v) is 13.4. The minimum Gasteiger partial charge on any atom is -0.314 e. The summed E-state index contributed by atoms with van der Waals surface area (Å²) in [6.07, 6.45) is 9.73. The molecule has 1 aliphatic rings. The number of hydrogen-bond donors (Lipinski definition) is 1. The summed E-state index contributed by atoms with van der Waals surface area (Å²) in [5.74, 6) is 1.72. The van der Waals surface area contributed by atoms with Crippen molar-refractivity contribution in [1.29, 1.82) is 0 Å². The van der Waals surface area contributed by atoms with Crippen molar-refractivity contribution in [3.8, 4) is 0 Å². The maximum Gasteiger partial charge on any atom is 0.0100 e. The summed E-state index contributed by atoms with van der Waals surface area (Å²) >= 11 is 0. The Morgan fingerprint density at radius 1 is 1.17 bits per heavy atom. The van der Waals surface area contributed by atoms with Crippen LogP contribution in [0.2, 0.25) is 0 Å². The third-order valence-corrected chi connectivity index (χ3v) is 4.79. The summed E-state index contributed by atoms with van der Waals surface area (Å²) in [5.41, 5.74) is 0.542. The summed E-state index contributed by atoms with van der Waals surface area (Å²) in [6, 6.07) is 0.752. The second-order valence-corrected chi connectivity index (χ2v) is 7.37. The van der Waals surface area contributed by atoms with Crippen LogP contribution in [-0.4, -0.2) is 12.6 Å². The van der Waals surface area contributed by atoms with Gasteiger partial charge < -0.3 is 5.32 Å². The molecule has 0 amide bonds. The Morgan fingerprint density at radius 2 is 1.89 bits per heavy atom. The van der Waals surface area contributed by atoms with E-state index in [-0.39, 0.29) is 0 Å². The van der Waals surface area contributed by atoms with E-state index in [0.717, 1.165) is 17.9 Å². The monoisotopic (exact) mass is 253 g/mol. The van der Waals surface area contributed by atoms with Crippen molar-refractivity contribution >= 4 is 0 Å². The summed E-state index contributed by atoms with van der Waals surface area (Å²) in [7, 11) is 0. The minimum absolute atomic E-state index is 0.542. The first kappa shape index (κ1) is 16.0. The molecule has 0 spiro atoms. The van der Waals surface area contributed by atoms with Crippen LogP contribution in [0, 0.1) is 17.3 Å². The molecule has 1 aliphatic carbocycles. The topological polar surface area (TPSA) is 12.0 Å². The summed E-state index contributed by atoms with van der Waals surface area (Å²) < 4.78 is 0. The van der Waals surface area contributed by atoms with E-state index in [9.17, 15) is 0 Å². The van der Waals surface area contributed by atoms with Gasteiger partial charge in [-0.15, -0.1) is 0 Å². The highest BCUT2D eigenvalue weighted by Gasteiger charge is 2.36. The lowest BCUT2D eigenvalue weighted by molar-refractivity contribution is 0.0923. The Kier molecular flexibility index (Phi) is 6.70. The van der Waals surface area contributed by atoms with Crippen molar-refractivity contribution in [2.75, 3.05) is 6.54 Å². The summed E-state index contributed by atoms with van der Waals surface area (Å²) in [6.45, 7) is 13.2. The van der Waals surface area contributed by atoms with Gasteiger partial charge in [-0.05, 0) is 55.9 Å². The molecular formula is C17H35N. The highest BCUT2D eigenvalue weighted by molar-refractivity contribution is 4.90. The predicted molar refractivity (Wildman–Crippen MR) is 81.9 cm³/mol. The molecule has 0 bridgehead atoms. The van der Waals surface area contributed by atoms with Gasteiger partial charge >= 0.3 is 0 Å². The second kappa shape index (κ2) is 7.53. The smallest absolute Gasteiger partial charge is 0.0100 e. The Bertz CT molecular complexity index is 220. The first-order valence-corrected chi connectivity index (χ1v) is 8.20. The first-order valence-electron chi connectivity index (χ1n) is 8.20. The maximum atomic E-state index is 3.85. The van der Waals surface area contributed by atoms with E-state index in [4.69, 9.17) is 0 Å². The third kappa shape index (κ3) is 4.91. The van der Waals surface area contributed by atoms with E-state index >= 15 is 0 Å². The Hall–Kier alpha value is -0.0400. The zero-order chi connectivity index (χ0) is 13.6. The van der Waals surface area contributed by atoms with Crippen LogP contribution >= 0.6 is 0 Å². The molecule has 1 nitrogen and oxygen atoms in total. The molecule has 1 N–H and O–H groups in total. The molecule has 0 aromatic carbocycles. The molecular weight excluding hydrogens is 218 g/mol. The van der Waals surface area contributed by atoms with Gasteiger partial charge in [0.1, 0.15) is 0 Å². The van der Waals surface area contributed by atoms with Crippen molar-refractivity contribution in [3.05, 3.63) is 0 Å². The normalized spacial score (nSPS) is 25.3. The van der Waals surface area contributed by atoms with Crippen LogP contribution in [0.4, 0.5) is 0 Å². The summed E-state index contributed by atoms with van der Waals surface area (Å²) in [5, 5.41) is 3.85. The lowest BCUT2D eigenvalue weighted by Crippen LogP contribution is -2.45. The fourth-order valence-corrected chi connectivity index (χ4v) is 3.55. The quantitative estimate of drug-likeness (QED) is 0.672. The van der Waals surface area contributed by atoms with E-state index in [1.165, 1.54) is 51.5 Å². The average molecular weight is 253 g/mol. The van der Waals surface area contributed by atoms with E-state index in [0.29, 0.717) is 5.41 Å². The largest absolute Gasteiger partial charge is 0.314 e. The zero-order valence-electron chi connectivity index (χ0n) is 13.4. The van der Waals surface area contributed by atoms with Gasteiger partial charge in [0, 0.05) is 6.04 Å². The van der Waals surface area contributed by atoms with Gasteiger partial charge in [0.2, 0.25) is 0 Å². The maximum absolute atomic E-state index is 3.85. The highest BCUT2D eigenvalue weighted by atomic mass is 14.9. The van der Waals surface area contributed by atoms with E-state index < -0.39 is 0 Å². The number of rotatable bonds is 7. The van der Waals surface area contributed by atoms with Crippen molar-refractivity contribution < 1.29 is 0 Å². The fourth-order valence-electron chi connectivity index (χ4n) is 3.55. The van der Waals surface area contributed by atoms with Crippen LogP contribution < -0.4 is 5.32 Å². The van der Waals surface area contributed by atoms with Crippen LogP contribution in [0.1, 0.15) is 79.6 Å². The van der Waals surface area contributed by atoms with E-state index in [1.54, 1.807) is 0 Å². The van der Waals surface area contributed by atoms with Crippen molar-refractivity contribution in [3.63, 3.8) is 0 Å². The van der Waals surface area contributed by atoms with Gasteiger partial charge in [-0.25, -0.2) is 0 Å². The molecule has 108 valence electrons. The molecule has 0 saturated heterocycles. The molecule has 18 heavy (non-hydrogen) atoms. The SMILES string of the molecule is CCCNC(CCC(C)C)C1CCCCC1(C)C.